The number of aliphatic hydroxyl groups excluding tert-OH is 1. The molecule has 0 aliphatic heterocycles. The van der Waals surface area contributed by atoms with E-state index in [1.54, 1.807) is 11.3 Å². The summed E-state index contributed by atoms with van der Waals surface area (Å²) in [5, 5.41) is 13.1. The van der Waals surface area contributed by atoms with Crippen molar-refractivity contribution >= 4 is 22.9 Å². The fourth-order valence-corrected chi connectivity index (χ4v) is 3.65. The van der Waals surface area contributed by atoms with Gasteiger partial charge in [-0.15, -0.1) is 11.3 Å². The van der Waals surface area contributed by atoms with Crippen molar-refractivity contribution in [3.05, 3.63) is 21.3 Å². The van der Waals surface area contributed by atoms with E-state index in [0.29, 0.717) is 6.61 Å². The van der Waals surface area contributed by atoms with Crippen LogP contribution in [0.3, 0.4) is 0 Å². The minimum atomic E-state index is 0.124. The highest BCUT2D eigenvalue weighted by Gasteiger charge is 2.30. The van der Waals surface area contributed by atoms with Crippen molar-refractivity contribution in [3.63, 3.8) is 0 Å². The lowest BCUT2D eigenvalue weighted by atomic mass is 9.74. The Morgan fingerprint density at radius 1 is 1.29 bits per heavy atom. The van der Waals surface area contributed by atoms with Crippen LogP contribution < -0.4 is 5.32 Å². The van der Waals surface area contributed by atoms with Crippen LogP contribution in [-0.4, -0.2) is 18.3 Å². The van der Waals surface area contributed by atoms with E-state index in [-0.39, 0.29) is 5.41 Å². The van der Waals surface area contributed by atoms with E-state index >= 15 is 0 Å². The van der Waals surface area contributed by atoms with Crippen LogP contribution in [0.5, 0.6) is 0 Å². The standard InChI is InChI=1S/C13H20ClNOS/c14-12-5-4-11(17-12)8-15-9-13(10-16)6-2-1-3-7-13/h4-5,15-16H,1-3,6-10H2. The lowest BCUT2D eigenvalue weighted by molar-refractivity contribution is 0.0811. The Balaban J connectivity index is 1.79. The molecule has 2 N–H and O–H groups in total. The second-order valence-electron chi connectivity index (χ2n) is 5.03. The minimum Gasteiger partial charge on any atom is -0.396 e. The molecule has 1 aromatic heterocycles. The van der Waals surface area contributed by atoms with Gasteiger partial charge in [0.1, 0.15) is 0 Å². The van der Waals surface area contributed by atoms with Gasteiger partial charge in [0.25, 0.3) is 0 Å². The number of hydrogen-bond donors (Lipinski definition) is 2. The summed E-state index contributed by atoms with van der Waals surface area (Å²) in [5.41, 5.74) is 0.124. The van der Waals surface area contributed by atoms with Crippen LogP contribution in [0.2, 0.25) is 4.34 Å². The Kier molecular flexibility index (Phi) is 4.86. The van der Waals surface area contributed by atoms with Crippen molar-refractivity contribution in [1.29, 1.82) is 0 Å². The molecule has 4 heteroatoms. The summed E-state index contributed by atoms with van der Waals surface area (Å²) in [5.74, 6) is 0. The van der Waals surface area contributed by atoms with Crippen molar-refractivity contribution in [2.24, 2.45) is 5.41 Å². The average molecular weight is 274 g/mol. The van der Waals surface area contributed by atoms with E-state index in [2.05, 4.69) is 11.4 Å². The Morgan fingerprint density at radius 2 is 2.06 bits per heavy atom. The first kappa shape index (κ1) is 13.3. The van der Waals surface area contributed by atoms with E-state index < -0.39 is 0 Å². The van der Waals surface area contributed by atoms with Crippen LogP contribution in [0.1, 0.15) is 37.0 Å². The molecule has 1 aromatic rings. The number of hydrogen-bond acceptors (Lipinski definition) is 3. The van der Waals surface area contributed by atoms with Crippen LogP contribution in [0.4, 0.5) is 0 Å². The summed E-state index contributed by atoms with van der Waals surface area (Å²) in [6, 6.07) is 4.00. The highest BCUT2D eigenvalue weighted by molar-refractivity contribution is 7.16. The summed E-state index contributed by atoms with van der Waals surface area (Å²) < 4.78 is 0.844. The number of halogens is 1. The maximum atomic E-state index is 9.58. The molecule has 1 fully saturated rings. The molecule has 0 aromatic carbocycles. The van der Waals surface area contributed by atoms with Gasteiger partial charge in [-0.3, -0.25) is 0 Å². The summed E-state index contributed by atoms with van der Waals surface area (Å²) in [4.78, 5) is 1.26. The number of nitrogens with one attached hydrogen (secondary N) is 1. The first-order valence-corrected chi connectivity index (χ1v) is 7.49. The molecule has 0 spiro atoms. The lowest BCUT2D eigenvalue weighted by Crippen LogP contribution is -2.38. The average Bonchev–Trinajstić information content (AvgIpc) is 2.76. The van der Waals surface area contributed by atoms with Gasteiger partial charge in [-0.2, -0.15) is 0 Å². The molecular weight excluding hydrogens is 254 g/mol. The SMILES string of the molecule is OCC1(CNCc2ccc(Cl)s2)CCCCC1. The molecule has 2 nitrogen and oxygen atoms in total. The molecule has 1 aliphatic rings. The Morgan fingerprint density at radius 3 is 2.65 bits per heavy atom. The number of rotatable bonds is 5. The van der Waals surface area contributed by atoms with Crippen LogP contribution in [0.15, 0.2) is 12.1 Å². The van der Waals surface area contributed by atoms with Crippen molar-refractivity contribution in [2.75, 3.05) is 13.2 Å². The highest BCUT2D eigenvalue weighted by atomic mass is 35.5. The first-order chi connectivity index (χ1) is 8.24. The fraction of sp³-hybridized carbons (Fsp3) is 0.692. The van der Waals surface area contributed by atoms with Crippen LogP contribution in [-0.2, 0) is 6.54 Å². The fourth-order valence-electron chi connectivity index (χ4n) is 2.59. The molecule has 0 bridgehead atoms. The normalized spacial score (nSPS) is 19.4. The van der Waals surface area contributed by atoms with Gasteiger partial charge in [0, 0.05) is 30.0 Å². The summed E-state index contributed by atoms with van der Waals surface area (Å²) >= 11 is 7.51. The van der Waals surface area contributed by atoms with E-state index in [4.69, 9.17) is 11.6 Å². The van der Waals surface area contributed by atoms with Gasteiger partial charge in [-0.05, 0) is 25.0 Å². The quantitative estimate of drug-likeness (QED) is 0.861. The Labute approximate surface area is 112 Å². The molecule has 0 saturated heterocycles. The maximum Gasteiger partial charge on any atom is 0.0931 e. The molecule has 0 radical (unpaired) electrons. The van der Waals surface area contributed by atoms with Gasteiger partial charge in [0.05, 0.1) is 4.34 Å². The van der Waals surface area contributed by atoms with E-state index in [9.17, 15) is 5.11 Å². The zero-order chi connectivity index (χ0) is 12.1. The predicted molar refractivity (Wildman–Crippen MR) is 73.6 cm³/mol. The predicted octanol–water partition coefficient (Wildman–Crippen LogP) is 3.43. The molecule has 1 aliphatic carbocycles. The molecule has 96 valence electrons. The van der Waals surface area contributed by atoms with Gasteiger partial charge < -0.3 is 10.4 Å². The van der Waals surface area contributed by atoms with Crippen molar-refractivity contribution in [1.82, 2.24) is 5.32 Å². The van der Waals surface area contributed by atoms with Gasteiger partial charge in [0.2, 0.25) is 0 Å². The van der Waals surface area contributed by atoms with E-state index in [0.717, 1.165) is 30.3 Å². The van der Waals surface area contributed by atoms with Crippen LogP contribution >= 0.6 is 22.9 Å². The largest absolute Gasteiger partial charge is 0.396 e. The van der Waals surface area contributed by atoms with E-state index in [1.807, 2.05) is 6.07 Å². The summed E-state index contributed by atoms with van der Waals surface area (Å²) in [6.07, 6.45) is 6.14. The number of thiophene rings is 1. The third kappa shape index (κ3) is 3.68. The molecule has 0 amide bonds. The zero-order valence-electron chi connectivity index (χ0n) is 10.0. The lowest BCUT2D eigenvalue weighted by Gasteiger charge is -2.35. The summed E-state index contributed by atoms with van der Waals surface area (Å²) in [7, 11) is 0. The third-order valence-corrected chi connectivity index (χ3v) is 4.91. The van der Waals surface area contributed by atoms with Crippen LogP contribution in [0, 0.1) is 5.41 Å². The molecule has 1 heterocycles. The summed E-state index contributed by atoms with van der Waals surface area (Å²) in [6.45, 7) is 2.09. The molecule has 0 unspecified atom stereocenters. The first-order valence-electron chi connectivity index (χ1n) is 6.30. The molecule has 2 rings (SSSR count). The zero-order valence-corrected chi connectivity index (χ0v) is 11.6. The van der Waals surface area contributed by atoms with Gasteiger partial charge in [-0.25, -0.2) is 0 Å². The van der Waals surface area contributed by atoms with Gasteiger partial charge in [-0.1, -0.05) is 30.9 Å². The van der Waals surface area contributed by atoms with Crippen molar-refractivity contribution < 1.29 is 5.11 Å². The monoisotopic (exact) mass is 273 g/mol. The van der Waals surface area contributed by atoms with Gasteiger partial charge in [0.15, 0.2) is 0 Å². The van der Waals surface area contributed by atoms with Crippen molar-refractivity contribution in [3.8, 4) is 0 Å². The smallest absolute Gasteiger partial charge is 0.0931 e. The molecule has 1 saturated carbocycles. The van der Waals surface area contributed by atoms with E-state index in [1.165, 1.54) is 24.1 Å². The topological polar surface area (TPSA) is 32.3 Å². The highest BCUT2D eigenvalue weighted by Crippen LogP contribution is 2.35. The maximum absolute atomic E-state index is 9.58. The molecular formula is C13H20ClNOS. The van der Waals surface area contributed by atoms with Crippen LogP contribution in [0.25, 0.3) is 0 Å². The van der Waals surface area contributed by atoms with Gasteiger partial charge >= 0.3 is 0 Å². The second kappa shape index (κ2) is 6.19. The Bertz CT molecular complexity index is 347. The minimum absolute atomic E-state index is 0.124. The third-order valence-electron chi connectivity index (χ3n) is 3.68. The van der Waals surface area contributed by atoms with Crippen molar-refractivity contribution in [2.45, 2.75) is 38.6 Å². The second-order valence-corrected chi connectivity index (χ2v) is 6.83. The molecule has 0 atom stereocenters. The number of aliphatic hydroxyl groups is 1. The Hall–Kier alpha value is -0.0900. The molecule has 17 heavy (non-hydrogen) atoms.